The van der Waals surface area contributed by atoms with Crippen LogP contribution in [0.5, 0.6) is 0 Å². The molecule has 0 unspecified atom stereocenters. The molecule has 0 atom stereocenters. The summed E-state index contributed by atoms with van der Waals surface area (Å²) in [5, 5.41) is 2.12. The summed E-state index contributed by atoms with van der Waals surface area (Å²) in [6.07, 6.45) is -4.35. The highest BCUT2D eigenvalue weighted by Crippen LogP contribution is 2.36. The summed E-state index contributed by atoms with van der Waals surface area (Å²) in [6.45, 7) is 8.76. The van der Waals surface area contributed by atoms with Crippen LogP contribution in [0.1, 0.15) is 19.4 Å². The van der Waals surface area contributed by atoms with Crippen molar-refractivity contribution < 1.29 is 22.7 Å². The smallest absolute Gasteiger partial charge is 0.377 e. The number of amides is 1. The molecule has 0 aliphatic carbocycles. The standard InChI is InChI=1S/C18H25ClF3N3O2/c1-13(2)27-10-9-24-5-7-25(8-6-24)12-17(26)23-14-3-4-16(19)15(11-14)18(20,21)22/h3-4,11,13H,5-10,12H2,1-2H3,(H,23,26). The zero-order valence-corrected chi connectivity index (χ0v) is 16.2. The van der Waals surface area contributed by atoms with E-state index in [4.69, 9.17) is 16.3 Å². The highest BCUT2D eigenvalue weighted by molar-refractivity contribution is 6.31. The highest BCUT2D eigenvalue weighted by Gasteiger charge is 2.33. The van der Waals surface area contributed by atoms with Crippen molar-refractivity contribution >= 4 is 23.2 Å². The fourth-order valence-corrected chi connectivity index (χ4v) is 3.04. The first-order valence-corrected chi connectivity index (χ1v) is 9.26. The minimum Gasteiger partial charge on any atom is -0.377 e. The van der Waals surface area contributed by atoms with E-state index in [2.05, 4.69) is 10.2 Å². The number of hydrogen-bond donors (Lipinski definition) is 1. The summed E-state index contributed by atoms with van der Waals surface area (Å²) in [4.78, 5) is 16.4. The molecule has 1 aliphatic rings. The zero-order valence-electron chi connectivity index (χ0n) is 15.5. The van der Waals surface area contributed by atoms with E-state index >= 15 is 0 Å². The van der Waals surface area contributed by atoms with E-state index in [0.29, 0.717) is 6.61 Å². The van der Waals surface area contributed by atoms with Crippen molar-refractivity contribution in [3.05, 3.63) is 28.8 Å². The van der Waals surface area contributed by atoms with Gasteiger partial charge in [-0.25, -0.2) is 0 Å². The average Bonchev–Trinajstić information content (AvgIpc) is 2.57. The molecule has 0 bridgehead atoms. The van der Waals surface area contributed by atoms with Gasteiger partial charge in [0.15, 0.2) is 0 Å². The van der Waals surface area contributed by atoms with Gasteiger partial charge in [0.25, 0.3) is 0 Å². The SMILES string of the molecule is CC(C)OCCN1CCN(CC(=O)Nc2ccc(Cl)c(C(F)(F)F)c2)CC1. The second-order valence-corrected chi connectivity index (χ2v) is 7.19. The number of anilines is 1. The maximum atomic E-state index is 12.9. The molecule has 1 aliphatic heterocycles. The monoisotopic (exact) mass is 407 g/mol. The van der Waals surface area contributed by atoms with E-state index in [1.54, 1.807) is 0 Å². The van der Waals surface area contributed by atoms with Gasteiger partial charge < -0.3 is 10.1 Å². The molecule has 0 aromatic heterocycles. The molecule has 1 saturated heterocycles. The van der Waals surface area contributed by atoms with E-state index < -0.39 is 16.8 Å². The first-order chi connectivity index (χ1) is 12.6. The highest BCUT2D eigenvalue weighted by atomic mass is 35.5. The van der Waals surface area contributed by atoms with Gasteiger partial charge in [-0.2, -0.15) is 13.2 Å². The van der Waals surface area contributed by atoms with E-state index in [1.165, 1.54) is 6.07 Å². The van der Waals surface area contributed by atoms with Crippen LogP contribution < -0.4 is 5.32 Å². The second kappa shape index (κ2) is 9.73. The molecule has 1 amide bonds. The molecule has 1 fully saturated rings. The zero-order chi connectivity index (χ0) is 20.0. The van der Waals surface area contributed by atoms with Gasteiger partial charge in [-0.1, -0.05) is 11.6 Å². The lowest BCUT2D eigenvalue weighted by Gasteiger charge is -2.34. The summed E-state index contributed by atoms with van der Waals surface area (Å²) in [5.74, 6) is -0.345. The van der Waals surface area contributed by atoms with Crippen LogP contribution in [0.15, 0.2) is 18.2 Å². The van der Waals surface area contributed by atoms with E-state index in [1.807, 2.05) is 18.7 Å². The van der Waals surface area contributed by atoms with Gasteiger partial charge >= 0.3 is 6.18 Å². The van der Waals surface area contributed by atoms with E-state index in [9.17, 15) is 18.0 Å². The summed E-state index contributed by atoms with van der Waals surface area (Å²) in [6, 6.07) is 3.35. The number of hydrogen-bond acceptors (Lipinski definition) is 4. The number of carbonyl (C=O) groups is 1. The molecule has 2 rings (SSSR count). The maximum absolute atomic E-state index is 12.9. The third-order valence-corrected chi connectivity index (χ3v) is 4.58. The van der Waals surface area contributed by atoms with E-state index in [-0.39, 0.29) is 24.2 Å². The number of nitrogens with zero attached hydrogens (tertiary/aromatic N) is 2. The number of nitrogens with one attached hydrogen (secondary N) is 1. The Hall–Kier alpha value is -1.35. The molecule has 1 N–H and O–H groups in total. The van der Waals surface area contributed by atoms with Gasteiger partial charge in [-0.15, -0.1) is 0 Å². The number of piperazine rings is 1. The Kier molecular flexibility index (Phi) is 7.91. The molecule has 27 heavy (non-hydrogen) atoms. The third-order valence-electron chi connectivity index (χ3n) is 4.25. The van der Waals surface area contributed by atoms with Crippen LogP contribution in [0.3, 0.4) is 0 Å². The number of ether oxygens (including phenoxy) is 1. The van der Waals surface area contributed by atoms with Crippen molar-refractivity contribution in [2.75, 3.05) is 51.2 Å². The fourth-order valence-electron chi connectivity index (χ4n) is 2.81. The minimum atomic E-state index is -4.56. The van der Waals surface area contributed by atoms with Gasteiger partial charge in [0.05, 0.1) is 29.8 Å². The molecule has 0 saturated carbocycles. The minimum absolute atomic E-state index is 0.0844. The molecular weight excluding hydrogens is 383 g/mol. The number of alkyl halides is 3. The molecule has 1 aromatic carbocycles. The van der Waals surface area contributed by atoms with Crippen molar-refractivity contribution in [2.24, 2.45) is 0 Å². The van der Waals surface area contributed by atoms with Crippen molar-refractivity contribution in [3.63, 3.8) is 0 Å². The van der Waals surface area contributed by atoms with Crippen LogP contribution in [0.2, 0.25) is 5.02 Å². The van der Waals surface area contributed by atoms with Crippen LogP contribution >= 0.6 is 11.6 Å². The summed E-state index contributed by atoms with van der Waals surface area (Å²) >= 11 is 5.59. The first kappa shape index (κ1) is 21.9. The summed E-state index contributed by atoms with van der Waals surface area (Å²) in [7, 11) is 0. The predicted molar refractivity (Wildman–Crippen MR) is 99.1 cm³/mol. The second-order valence-electron chi connectivity index (χ2n) is 6.78. The summed E-state index contributed by atoms with van der Waals surface area (Å²) in [5.41, 5.74) is -0.875. The molecule has 1 aromatic rings. The van der Waals surface area contributed by atoms with Crippen molar-refractivity contribution in [3.8, 4) is 0 Å². The Balaban J connectivity index is 1.79. The molecule has 9 heteroatoms. The third kappa shape index (κ3) is 7.29. The van der Waals surface area contributed by atoms with Gasteiger partial charge in [-0.3, -0.25) is 14.6 Å². The Bertz CT molecular complexity index is 633. The predicted octanol–water partition coefficient (Wildman–Crippen LogP) is 3.34. The average molecular weight is 408 g/mol. The van der Waals surface area contributed by atoms with Crippen molar-refractivity contribution in [2.45, 2.75) is 26.1 Å². The fraction of sp³-hybridized carbons (Fsp3) is 0.611. The van der Waals surface area contributed by atoms with Gasteiger partial charge in [0, 0.05) is 38.4 Å². The number of rotatable bonds is 7. The quantitative estimate of drug-likeness (QED) is 0.753. The Morgan fingerprint density at radius 2 is 1.85 bits per heavy atom. The molecular formula is C18H25ClF3N3O2. The van der Waals surface area contributed by atoms with Crippen LogP contribution in [-0.4, -0.2) is 67.7 Å². The van der Waals surface area contributed by atoms with Crippen LogP contribution in [0, 0.1) is 0 Å². The molecule has 152 valence electrons. The van der Waals surface area contributed by atoms with Crippen LogP contribution in [0.25, 0.3) is 0 Å². The van der Waals surface area contributed by atoms with Gasteiger partial charge in [-0.05, 0) is 32.0 Å². The largest absolute Gasteiger partial charge is 0.417 e. The number of halogens is 4. The Morgan fingerprint density at radius 3 is 2.44 bits per heavy atom. The summed E-state index contributed by atoms with van der Waals surface area (Å²) < 4.78 is 44.2. The molecule has 1 heterocycles. The van der Waals surface area contributed by atoms with Crippen LogP contribution in [0.4, 0.5) is 18.9 Å². The lowest BCUT2D eigenvalue weighted by atomic mass is 10.2. The first-order valence-electron chi connectivity index (χ1n) is 8.88. The van der Waals surface area contributed by atoms with Crippen molar-refractivity contribution in [1.29, 1.82) is 0 Å². The Labute approximate surface area is 162 Å². The molecule has 0 spiro atoms. The molecule has 0 radical (unpaired) electrons. The number of carbonyl (C=O) groups excluding carboxylic acids is 1. The maximum Gasteiger partial charge on any atom is 0.417 e. The molecule has 5 nitrogen and oxygen atoms in total. The number of benzene rings is 1. The topological polar surface area (TPSA) is 44.8 Å². The normalized spacial score (nSPS) is 16.7. The van der Waals surface area contributed by atoms with Gasteiger partial charge in [0.1, 0.15) is 0 Å². The Morgan fingerprint density at radius 1 is 1.22 bits per heavy atom. The lowest BCUT2D eigenvalue weighted by molar-refractivity contribution is -0.137. The van der Waals surface area contributed by atoms with Crippen molar-refractivity contribution in [1.82, 2.24) is 9.80 Å². The van der Waals surface area contributed by atoms with Crippen LogP contribution in [-0.2, 0) is 15.7 Å². The lowest BCUT2D eigenvalue weighted by Crippen LogP contribution is -2.49. The van der Waals surface area contributed by atoms with E-state index in [0.717, 1.165) is 44.9 Å². The van der Waals surface area contributed by atoms with Gasteiger partial charge in [0.2, 0.25) is 5.91 Å².